The molecule has 3 rings (SSSR count). The second kappa shape index (κ2) is 6.64. The van der Waals surface area contributed by atoms with Crippen LogP contribution in [0.4, 0.5) is 8.78 Å². The van der Waals surface area contributed by atoms with Crippen molar-refractivity contribution in [3.63, 3.8) is 0 Å². The fourth-order valence-corrected chi connectivity index (χ4v) is 4.25. The molecule has 0 atom stereocenters. The highest BCUT2D eigenvalue weighted by Crippen LogP contribution is 2.31. The molecule has 0 saturated carbocycles. The number of aryl methyl sites for hydroxylation is 1. The Balaban J connectivity index is 1.86. The van der Waals surface area contributed by atoms with E-state index in [0.717, 1.165) is 23.3 Å². The summed E-state index contributed by atoms with van der Waals surface area (Å²) in [6, 6.07) is 5.29. The lowest BCUT2D eigenvalue weighted by Gasteiger charge is -2.00. The van der Waals surface area contributed by atoms with Crippen molar-refractivity contribution in [2.75, 3.05) is 6.26 Å². The summed E-state index contributed by atoms with van der Waals surface area (Å²) < 4.78 is 55.8. The molecule has 132 valence electrons. The van der Waals surface area contributed by atoms with E-state index in [1.54, 1.807) is 13.0 Å². The van der Waals surface area contributed by atoms with Crippen LogP contribution in [-0.4, -0.2) is 24.9 Å². The van der Waals surface area contributed by atoms with Crippen molar-refractivity contribution in [3.05, 3.63) is 57.8 Å². The minimum atomic E-state index is -3.16. The SMILES string of the molecule is Cc1sc(-c2nnc(Cc3c(F)cccc3F)o2)cc1CS(C)(=O)=O. The third kappa shape index (κ3) is 4.10. The summed E-state index contributed by atoms with van der Waals surface area (Å²) in [7, 11) is -3.16. The van der Waals surface area contributed by atoms with Crippen LogP contribution in [0.3, 0.4) is 0 Å². The number of halogens is 2. The zero-order chi connectivity index (χ0) is 18.2. The van der Waals surface area contributed by atoms with E-state index in [2.05, 4.69) is 10.2 Å². The van der Waals surface area contributed by atoms with Crippen LogP contribution in [0.2, 0.25) is 0 Å². The van der Waals surface area contributed by atoms with Crippen molar-refractivity contribution in [3.8, 4) is 10.8 Å². The number of hydrogen-bond acceptors (Lipinski definition) is 6. The average molecular weight is 384 g/mol. The number of thiophene rings is 1. The fourth-order valence-electron chi connectivity index (χ4n) is 2.33. The predicted octanol–water partition coefficient (Wildman–Crippen LogP) is 3.52. The summed E-state index contributed by atoms with van der Waals surface area (Å²) in [6.45, 7) is 1.81. The smallest absolute Gasteiger partial charge is 0.257 e. The summed E-state index contributed by atoms with van der Waals surface area (Å²) in [5, 5.41) is 7.71. The predicted molar refractivity (Wildman–Crippen MR) is 90.1 cm³/mol. The number of sulfone groups is 1. The molecule has 25 heavy (non-hydrogen) atoms. The van der Waals surface area contributed by atoms with Crippen molar-refractivity contribution >= 4 is 21.2 Å². The lowest BCUT2D eigenvalue weighted by Crippen LogP contribution is -2.00. The van der Waals surface area contributed by atoms with E-state index in [0.29, 0.717) is 10.4 Å². The maximum Gasteiger partial charge on any atom is 0.257 e. The second-order valence-corrected chi connectivity index (χ2v) is 9.04. The molecule has 0 aliphatic heterocycles. The van der Waals surface area contributed by atoms with Gasteiger partial charge in [0.1, 0.15) is 11.6 Å². The van der Waals surface area contributed by atoms with Gasteiger partial charge in [0.2, 0.25) is 5.89 Å². The van der Waals surface area contributed by atoms with E-state index < -0.39 is 21.5 Å². The van der Waals surface area contributed by atoms with Gasteiger partial charge in [-0.2, -0.15) is 0 Å². The summed E-state index contributed by atoms with van der Waals surface area (Å²) in [6.07, 6.45) is 1.00. The largest absolute Gasteiger partial charge is 0.420 e. The zero-order valence-electron chi connectivity index (χ0n) is 13.4. The van der Waals surface area contributed by atoms with Crippen LogP contribution in [0.25, 0.3) is 10.8 Å². The highest BCUT2D eigenvalue weighted by atomic mass is 32.2. The molecule has 2 heterocycles. The molecule has 0 amide bonds. The summed E-state index contributed by atoms with van der Waals surface area (Å²) in [4.78, 5) is 1.45. The summed E-state index contributed by atoms with van der Waals surface area (Å²) in [5.41, 5.74) is 0.528. The Bertz CT molecular complexity index is 1010. The number of nitrogens with zero attached hydrogens (tertiary/aromatic N) is 2. The number of rotatable bonds is 5. The molecule has 0 aliphatic carbocycles. The quantitative estimate of drug-likeness (QED) is 0.673. The fraction of sp³-hybridized carbons (Fsp3) is 0.250. The second-order valence-electron chi connectivity index (χ2n) is 5.64. The van der Waals surface area contributed by atoms with Crippen LogP contribution in [0.15, 0.2) is 28.7 Å². The first-order chi connectivity index (χ1) is 11.7. The van der Waals surface area contributed by atoms with Gasteiger partial charge in [0.25, 0.3) is 5.89 Å². The van der Waals surface area contributed by atoms with E-state index in [1.165, 1.54) is 17.4 Å². The molecule has 0 radical (unpaired) electrons. The Kier molecular flexibility index (Phi) is 4.70. The molecule has 0 aliphatic rings. The van der Waals surface area contributed by atoms with Crippen molar-refractivity contribution in [2.24, 2.45) is 0 Å². The maximum absolute atomic E-state index is 13.7. The molecule has 0 spiro atoms. The van der Waals surface area contributed by atoms with E-state index >= 15 is 0 Å². The molecule has 1 aromatic carbocycles. The van der Waals surface area contributed by atoms with E-state index in [9.17, 15) is 17.2 Å². The molecule has 3 aromatic rings. The molecule has 0 bridgehead atoms. The maximum atomic E-state index is 13.7. The van der Waals surface area contributed by atoms with E-state index in [-0.39, 0.29) is 29.5 Å². The lowest BCUT2D eigenvalue weighted by molar-refractivity contribution is 0.499. The summed E-state index contributed by atoms with van der Waals surface area (Å²) in [5.74, 6) is -1.16. The molecular weight excluding hydrogens is 370 g/mol. The van der Waals surface area contributed by atoms with Gasteiger partial charge < -0.3 is 4.42 Å². The first kappa shape index (κ1) is 17.7. The molecule has 0 unspecified atom stereocenters. The van der Waals surface area contributed by atoms with Crippen molar-refractivity contribution in [1.29, 1.82) is 0 Å². The molecular formula is C16H14F2N2O3S2. The first-order valence-electron chi connectivity index (χ1n) is 7.25. The van der Waals surface area contributed by atoms with Gasteiger partial charge in [0.15, 0.2) is 9.84 Å². The van der Waals surface area contributed by atoms with Gasteiger partial charge in [0, 0.05) is 16.7 Å². The first-order valence-corrected chi connectivity index (χ1v) is 10.1. The number of benzene rings is 1. The molecule has 5 nitrogen and oxygen atoms in total. The Hall–Kier alpha value is -2.13. The van der Waals surface area contributed by atoms with Gasteiger partial charge in [-0.1, -0.05) is 6.07 Å². The topological polar surface area (TPSA) is 73.1 Å². The van der Waals surface area contributed by atoms with Crippen LogP contribution in [0.5, 0.6) is 0 Å². The monoisotopic (exact) mass is 384 g/mol. The highest BCUT2D eigenvalue weighted by Gasteiger charge is 2.18. The minimum absolute atomic E-state index is 0.0727. The van der Waals surface area contributed by atoms with Crippen LogP contribution in [0, 0.1) is 18.6 Å². The van der Waals surface area contributed by atoms with Gasteiger partial charge >= 0.3 is 0 Å². The number of aromatic nitrogens is 2. The molecule has 0 saturated heterocycles. The van der Waals surface area contributed by atoms with Gasteiger partial charge in [-0.25, -0.2) is 17.2 Å². The third-order valence-electron chi connectivity index (χ3n) is 3.51. The Morgan fingerprint density at radius 1 is 1.20 bits per heavy atom. The lowest BCUT2D eigenvalue weighted by atomic mass is 10.1. The summed E-state index contributed by atoms with van der Waals surface area (Å²) >= 11 is 1.33. The van der Waals surface area contributed by atoms with Crippen LogP contribution >= 0.6 is 11.3 Å². The van der Waals surface area contributed by atoms with Crippen molar-refractivity contribution < 1.29 is 21.6 Å². The molecule has 2 aromatic heterocycles. The Morgan fingerprint density at radius 3 is 2.52 bits per heavy atom. The van der Waals surface area contributed by atoms with Gasteiger partial charge in [-0.15, -0.1) is 21.5 Å². The zero-order valence-corrected chi connectivity index (χ0v) is 15.0. The van der Waals surface area contributed by atoms with Crippen molar-refractivity contribution in [1.82, 2.24) is 10.2 Å². The normalized spacial score (nSPS) is 11.8. The molecule has 0 fully saturated rings. The van der Waals surface area contributed by atoms with Crippen LogP contribution in [-0.2, 0) is 22.0 Å². The number of hydrogen-bond donors (Lipinski definition) is 0. The van der Waals surface area contributed by atoms with Gasteiger partial charge in [-0.05, 0) is 30.7 Å². The molecule has 0 N–H and O–H groups in total. The Morgan fingerprint density at radius 2 is 1.88 bits per heavy atom. The van der Waals surface area contributed by atoms with E-state index in [1.807, 2.05) is 0 Å². The highest BCUT2D eigenvalue weighted by molar-refractivity contribution is 7.89. The van der Waals surface area contributed by atoms with Gasteiger partial charge in [-0.3, -0.25) is 0 Å². The standard InChI is InChI=1S/C16H14F2N2O3S2/c1-9-10(8-25(2,21)22)6-14(24-9)16-20-19-15(23-16)7-11-12(17)4-3-5-13(11)18/h3-6H,7-8H2,1-2H3. The third-order valence-corrected chi connectivity index (χ3v) is 5.42. The molecule has 9 heteroatoms. The van der Waals surface area contributed by atoms with E-state index in [4.69, 9.17) is 4.42 Å². The van der Waals surface area contributed by atoms with Gasteiger partial charge in [0.05, 0.1) is 17.1 Å². The van der Waals surface area contributed by atoms with Crippen LogP contribution in [0.1, 0.15) is 21.9 Å². The minimum Gasteiger partial charge on any atom is -0.420 e. The Labute approximate surface area is 147 Å². The average Bonchev–Trinajstić information content (AvgIpc) is 3.09. The van der Waals surface area contributed by atoms with Crippen LogP contribution < -0.4 is 0 Å². The van der Waals surface area contributed by atoms with Crippen molar-refractivity contribution in [2.45, 2.75) is 19.1 Å².